The van der Waals surface area contributed by atoms with Crippen molar-refractivity contribution in [3.63, 3.8) is 0 Å². The van der Waals surface area contributed by atoms with Gasteiger partial charge in [0.25, 0.3) is 0 Å². The first-order valence-corrected chi connectivity index (χ1v) is 7.22. The van der Waals surface area contributed by atoms with Crippen molar-refractivity contribution in [3.8, 4) is 6.07 Å². The van der Waals surface area contributed by atoms with Crippen LogP contribution in [-0.2, 0) is 0 Å². The summed E-state index contributed by atoms with van der Waals surface area (Å²) in [5.74, 6) is 1.69. The van der Waals surface area contributed by atoms with E-state index in [4.69, 9.17) is 11.0 Å². The lowest BCUT2D eigenvalue weighted by Gasteiger charge is -2.31. The van der Waals surface area contributed by atoms with Gasteiger partial charge in [-0.2, -0.15) is 5.26 Å². The number of hydrogen-bond acceptors (Lipinski definition) is 4. The number of hydrogen-bond donors (Lipinski definition) is 1. The second-order valence-corrected chi connectivity index (χ2v) is 5.70. The molecule has 1 saturated carbocycles. The third-order valence-corrected chi connectivity index (χ3v) is 4.54. The van der Waals surface area contributed by atoms with Crippen molar-refractivity contribution in [2.75, 3.05) is 17.2 Å². The van der Waals surface area contributed by atoms with E-state index >= 15 is 0 Å². The molecule has 0 amide bonds. The van der Waals surface area contributed by atoms with E-state index in [1.165, 1.54) is 38.5 Å². The van der Waals surface area contributed by atoms with Crippen LogP contribution in [0.5, 0.6) is 0 Å². The summed E-state index contributed by atoms with van der Waals surface area (Å²) in [5.41, 5.74) is 7.26. The summed E-state index contributed by atoms with van der Waals surface area (Å²) in [4.78, 5) is 6.81. The van der Waals surface area contributed by atoms with E-state index in [1.807, 2.05) is 0 Å². The molecular formula is C15H20N4. The van der Waals surface area contributed by atoms with Crippen molar-refractivity contribution >= 4 is 11.5 Å². The average Bonchev–Trinajstić information content (AvgIpc) is 3.08. The van der Waals surface area contributed by atoms with E-state index in [2.05, 4.69) is 16.0 Å². The summed E-state index contributed by atoms with van der Waals surface area (Å²) in [6, 6.07) is 4.44. The van der Waals surface area contributed by atoms with E-state index in [0.29, 0.717) is 17.3 Å². The van der Waals surface area contributed by atoms with Gasteiger partial charge in [0.05, 0.1) is 11.3 Å². The van der Waals surface area contributed by atoms with Gasteiger partial charge in [-0.05, 0) is 37.7 Å². The molecule has 1 atom stereocenters. The second kappa shape index (κ2) is 5.08. The standard InChI is InChI=1S/C15H20N4/c16-9-11-8-13(17)15(18-10-11)19-7-3-6-14(19)12-4-1-2-5-12/h8,10,12,14H,1-7,17H2. The molecule has 1 aromatic heterocycles. The van der Waals surface area contributed by atoms with Gasteiger partial charge >= 0.3 is 0 Å². The van der Waals surface area contributed by atoms with Crippen LogP contribution in [0.25, 0.3) is 0 Å². The summed E-state index contributed by atoms with van der Waals surface area (Å²) >= 11 is 0. The Morgan fingerprint density at radius 1 is 1.26 bits per heavy atom. The topological polar surface area (TPSA) is 65.9 Å². The highest BCUT2D eigenvalue weighted by Crippen LogP contribution is 2.38. The van der Waals surface area contributed by atoms with Crippen LogP contribution >= 0.6 is 0 Å². The first-order valence-electron chi connectivity index (χ1n) is 7.22. The molecule has 0 bridgehead atoms. The van der Waals surface area contributed by atoms with E-state index in [1.54, 1.807) is 12.3 Å². The van der Waals surface area contributed by atoms with Gasteiger partial charge in [-0.3, -0.25) is 0 Å². The van der Waals surface area contributed by atoms with Gasteiger partial charge in [0, 0.05) is 18.8 Å². The second-order valence-electron chi connectivity index (χ2n) is 5.70. The van der Waals surface area contributed by atoms with Gasteiger partial charge in [-0.15, -0.1) is 0 Å². The average molecular weight is 256 g/mol. The van der Waals surface area contributed by atoms with Crippen molar-refractivity contribution in [3.05, 3.63) is 17.8 Å². The maximum absolute atomic E-state index is 8.88. The quantitative estimate of drug-likeness (QED) is 0.883. The largest absolute Gasteiger partial charge is 0.396 e. The maximum atomic E-state index is 8.88. The molecule has 2 fully saturated rings. The van der Waals surface area contributed by atoms with E-state index < -0.39 is 0 Å². The monoisotopic (exact) mass is 256 g/mol. The van der Waals surface area contributed by atoms with Gasteiger partial charge in [0.1, 0.15) is 6.07 Å². The van der Waals surface area contributed by atoms with Gasteiger partial charge < -0.3 is 10.6 Å². The van der Waals surface area contributed by atoms with E-state index in [0.717, 1.165) is 18.3 Å². The number of nitrogen functional groups attached to an aromatic ring is 1. The number of nitrogens with two attached hydrogens (primary N) is 1. The molecule has 2 heterocycles. The number of nitriles is 1. The number of anilines is 2. The fraction of sp³-hybridized carbons (Fsp3) is 0.600. The highest BCUT2D eigenvalue weighted by Gasteiger charge is 2.34. The highest BCUT2D eigenvalue weighted by molar-refractivity contribution is 5.65. The lowest BCUT2D eigenvalue weighted by molar-refractivity contribution is 0.429. The van der Waals surface area contributed by atoms with Crippen LogP contribution in [-0.4, -0.2) is 17.6 Å². The lowest BCUT2D eigenvalue weighted by atomic mass is 9.96. The molecule has 1 aromatic rings. The first-order chi connectivity index (χ1) is 9.29. The number of aromatic nitrogens is 1. The minimum atomic E-state index is 0.540. The number of pyridine rings is 1. The summed E-state index contributed by atoms with van der Waals surface area (Å²) < 4.78 is 0. The smallest absolute Gasteiger partial charge is 0.152 e. The Bertz CT molecular complexity index is 499. The van der Waals surface area contributed by atoms with Crippen molar-refractivity contribution in [2.24, 2.45) is 5.92 Å². The summed E-state index contributed by atoms with van der Waals surface area (Å²) in [6.45, 7) is 1.05. The van der Waals surface area contributed by atoms with Gasteiger partial charge in [0.15, 0.2) is 5.82 Å². The third kappa shape index (κ3) is 2.25. The fourth-order valence-corrected chi connectivity index (χ4v) is 3.66. The SMILES string of the molecule is N#Cc1cnc(N2CCCC2C2CCCC2)c(N)c1. The molecule has 2 aliphatic rings. The minimum Gasteiger partial charge on any atom is -0.396 e. The van der Waals surface area contributed by atoms with Crippen molar-refractivity contribution in [1.29, 1.82) is 5.26 Å². The van der Waals surface area contributed by atoms with Crippen molar-refractivity contribution in [1.82, 2.24) is 4.98 Å². The molecule has 1 unspecified atom stereocenters. The van der Waals surface area contributed by atoms with E-state index in [-0.39, 0.29) is 0 Å². The Balaban J connectivity index is 1.86. The molecule has 100 valence electrons. The molecule has 3 rings (SSSR count). The summed E-state index contributed by atoms with van der Waals surface area (Å²) in [6.07, 6.45) is 9.54. The fourth-order valence-electron chi connectivity index (χ4n) is 3.66. The Morgan fingerprint density at radius 2 is 2.05 bits per heavy atom. The van der Waals surface area contributed by atoms with Crippen LogP contribution in [0.15, 0.2) is 12.3 Å². The molecule has 0 aromatic carbocycles. The van der Waals surface area contributed by atoms with Crippen LogP contribution < -0.4 is 10.6 Å². The number of nitrogens with zero attached hydrogens (tertiary/aromatic N) is 3. The normalized spacial score (nSPS) is 23.7. The predicted molar refractivity (Wildman–Crippen MR) is 75.7 cm³/mol. The van der Waals surface area contributed by atoms with Crippen molar-refractivity contribution < 1.29 is 0 Å². The molecule has 2 N–H and O–H groups in total. The van der Waals surface area contributed by atoms with Crippen LogP contribution in [0.4, 0.5) is 11.5 Å². The molecule has 1 saturated heterocycles. The molecule has 1 aliphatic carbocycles. The Hall–Kier alpha value is -1.76. The van der Waals surface area contributed by atoms with Crippen LogP contribution in [0.1, 0.15) is 44.1 Å². The third-order valence-electron chi connectivity index (χ3n) is 4.54. The van der Waals surface area contributed by atoms with Crippen molar-refractivity contribution in [2.45, 2.75) is 44.6 Å². The summed E-state index contributed by atoms with van der Waals surface area (Å²) in [7, 11) is 0. The number of rotatable bonds is 2. The van der Waals surface area contributed by atoms with Gasteiger partial charge in [-0.1, -0.05) is 12.8 Å². The highest BCUT2D eigenvalue weighted by atomic mass is 15.2. The van der Waals surface area contributed by atoms with Crippen LogP contribution in [0.2, 0.25) is 0 Å². The maximum Gasteiger partial charge on any atom is 0.152 e. The summed E-state index contributed by atoms with van der Waals surface area (Å²) in [5, 5.41) is 8.88. The molecule has 0 radical (unpaired) electrons. The molecule has 19 heavy (non-hydrogen) atoms. The van der Waals surface area contributed by atoms with Crippen LogP contribution in [0.3, 0.4) is 0 Å². The van der Waals surface area contributed by atoms with Gasteiger partial charge in [0.2, 0.25) is 0 Å². The van der Waals surface area contributed by atoms with E-state index in [9.17, 15) is 0 Å². The van der Waals surface area contributed by atoms with Crippen LogP contribution in [0, 0.1) is 17.2 Å². The molecular weight excluding hydrogens is 236 g/mol. The Kier molecular flexibility index (Phi) is 3.29. The zero-order valence-electron chi connectivity index (χ0n) is 11.2. The zero-order chi connectivity index (χ0) is 13.2. The molecule has 4 heteroatoms. The Labute approximate surface area is 114 Å². The predicted octanol–water partition coefficient (Wildman–Crippen LogP) is 2.69. The molecule has 4 nitrogen and oxygen atoms in total. The first kappa shape index (κ1) is 12.3. The van der Waals surface area contributed by atoms with Gasteiger partial charge in [-0.25, -0.2) is 4.98 Å². The Morgan fingerprint density at radius 3 is 2.74 bits per heavy atom. The zero-order valence-corrected chi connectivity index (χ0v) is 11.2. The minimum absolute atomic E-state index is 0.540. The molecule has 0 spiro atoms. The molecule has 1 aliphatic heterocycles. The lowest BCUT2D eigenvalue weighted by Crippen LogP contribution is -2.35.